The minimum absolute atomic E-state index is 0.278. The maximum atomic E-state index is 10.4. The zero-order valence-electron chi connectivity index (χ0n) is 17.0. The van der Waals surface area contributed by atoms with Gasteiger partial charge in [-0.1, -0.05) is 30.3 Å². The molecule has 2 rings (SSSR count). The van der Waals surface area contributed by atoms with Crippen molar-refractivity contribution in [1.29, 1.82) is 0 Å². The molecule has 0 fully saturated rings. The predicted octanol–water partition coefficient (Wildman–Crippen LogP) is 2.73. The Morgan fingerprint density at radius 1 is 0.929 bits per heavy atom. The molecule has 0 aliphatic rings. The maximum Gasteiger partial charge on any atom is 0.122 e. The van der Waals surface area contributed by atoms with Crippen LogP contribution in [0.3, 0.4) is 0 Å². The second-order valence-corrected chi connectivity index (χ2v) is 6.60. The van der Waals surface area contributed by atoms with Gasteiger partial charge in [-0.3, -0.25) is 4.90 Å². The van der Waals surface area contributed by atoms with Crippen LogP contribution in [-0.4, -0.2) is 63.7 Å². The van der Waals surface area contributed by atoms with Crippen LogP contribution in [0.15, 0.2) is 48.5 Å². The van der Waals surface area contributed by atoms with Gasteiger partial charge in [-0.25, -0.2) is 0 Å². The number of aliphatic hydroxyl groups excluding tert-OH is 1. The number of nitrogens with zero attached hydrogens (tertiary/aromatic N) is 1. The molecule has 0 bridgehead atoms. The molecule has 0 amide bonds. The third kappa shape index (κ3) is 7.86. The van der Waals surface area contributed by atoms with Crippen LogP contribution in [-0.2, 0) is 22.6 Å². The molecule has 0 aliphatic carbocycles. The number of ether oxygens (including phenoxy) is 4. The van der Waals surface area contributed by atoms with Gasteiger partial charge < -0.3 is 24.1 Å². The van der Waals surface area contributed by atoms with Gasteiger partial charge in [0.15, 0.2) is 0 Å². The lowest BCUT2D eigenvalue weighted by Crippen LogP contribution is -2.36. The molecular formula is C22H31NO5. The van der Waals surface area contributed by atoms with E-state index in [0.717, 1.165) is 22.6 Å². The molecule has 154 valence electrons. The van der Waals surface area contributed by atoms with Gasteiger partial charge in [-0.2, -0.15) is 0 Å². The van der Waals surface area contributed by atoms with Crippen LogP contribution in [0.25, 0.3) is 0 Å². The average molecular weight is 389 g/mol. The zero-order valence-corrected chi connectivity index (χ0v) is 17.0. The zero-order chi connectivity index (χ0) is 20.2. The fraction of sp³-hybridized carbons (Fsp3) is 0.455. The van der Waals surface area contributed by atoms with Crippen LogP contribution < -0.4 is 9.47 Å². The Morgan fingerprint density at radius 2 is 1.61 bits per heavy atom. The molecule has 0 aromatic heterocycles. The highest BCUT2D eigenvalue weighted by molar-refractivity contribution is 5.38. The third-order valence-corrected chi connectivity index (χ3v) is 4.32. The van der Waals surface area contributed by atoms with E-state index in [9.17, 15) is 5.11 Å². The van der Waals surface area contributed by atoms with Crippen molar-refractivity contribution in [1.82, 2.24) is 4.90 Å². The Morgan fingerprint density at radius 3 is 2.21 bits per heavy atom. The van der Waals surface area contributed by atoms with Gasteiger partial charge in [-0.15, -0.1) is 0 Å². The maximum absolute atomic E-state index is 10.4. The summed E-state index contributed by atoms with van der Waals surface area (Å²) < 4.78 is 21.6. The van der Waals surface area contributed by atoms with E-state index in [2.05, 4.69) is 4.90 Å². The van der Waals surface area contributed by atoms with E-state index in [1.165, 1.54) is 0 Å². The average Bonchev–Trinajstić information content (AvgIpc) is 2.72. The lowest BCUT2D eigenvalue weighted by atomic mass is 10.1. The quantitative estimate of drug-likeness (QED) is 0.568. The molecule has 0 saturated heterocycles. The standard InChI is InChI=1S/C22H31NO5/c1-25-10-9-23(14-19-11-21(26-2)13-22(12-19)27-3)15-20(24)17-28-16-18-7-5-4-6-8-18/h4-8,11-13,20,24H,9-10,14-17H2,1-3H3. The van der Waals surface area contributed by atoms with Crippen LogP contribution in [0, 0.1) is 0 Å². The lowest BCUT2D eigenvalue weighted by Gasteiger charge is -2.25. The number of benzene rings is 2. The van der Waals surface area contributed by atoms with E-state index in [1.807, 2.05) is 48.5 Å². The summed E-state index contributed by atoms with van der Waals surface area (Å²) in [6.45, 7) is 3.18. The molecular weight excluding hydrogens is 358 g/mol. The van der Waals surface area contributed by atoms with Crippen molar-refractivity contribution >= 4 is 0 Å². The highest BCUT2D eigenvalue weighted by Gasteiger charge is 2.14. The minimum Gasteiger partial charge on any atom is -0.497 e. The Kier molecular flexibility index (Phi) is 9.79. The first-order chi connectivity index (χ1) is 13.6. The summed E-state index contributed by atoms with van der Waals surface area (Å²) in [4.78, 5) is 2.13. The van der Waals surface area contributed by atoms with Gasteiger partial charge in [0.1, 0.15) is 11.5 Å². The molecule has 0 aliphatic heterocycles. The summed E-state index contributed by atoms with van der Waals surface area (Å²) in [5, 5.41) is 10.4. The molecule has 2 aromatic rings. The molecule has 0 radical (unpaired) electrons. The number of methoxy groups -OCH3 is 3. The van der Waals surface area contributed by atoms with Gasteiger partial charge in [0.05, 0.1) is 40.1 Å². The normalized spacial score (nSPS) is 12.2. The molecule has 6 nitrogen and oxygen atoms in total. The van der Waals surface area contributed by atoms with Crippen LogP contribution in [0.4, 0.5) is 0 Å². The Balaban J connectivity index is 1.91. The van der Waals surface area contributed by atoms with E-state index in [4.69, 9.17) is 18.9 Å². The molecule has 0 saturated carbocycles. The van der Waals surface area contributed by atoms with Crippen molar-refractivity contribution < 1.29 is 24.1 Å². The summed E-state index contributed by atoms with van der Waals surface area (Å²) in [5.41, 5.74) is 2.14. The van der Waals surface area contributed by atoms with Crippen LogP contribution >= 0.6 is 0 Å². The van der Waals surface area contributed by atoms with E-state index >= 15 is 0 Å². The highest BCUT2D eigenvalue weighted by atomic mass is 16.5. The number of rotatable bonds is 13. The summed E-state index contributed by atoms with van der Waals surface area (Å²) >= 11 is 0. The second kappa shape index (κ2) is 12.4. The fourth-order valence-corrected chi connectivity index (χ4v) is 2.91. The summed E-state index contributed by atoms with van der Waals surface area (Å²) in [6.07, 6.45) is -0.590. The van der Waals surface area contributed by atoms with Gasteiger partial charge in [0.2, 0.25) is 0 Å². The van der Waals surface area contributed by atoms with Crippen molar-refractivity contribution in [3.8, 4) is 11.5 Å². The van der Waals surface area contributed by atoms with E-state index in [0.29, 0.717) is 32.8 Å². The Hall–Kier alpha value is -2.12. The molecule has 1 atom stereocenters. The number of aliphatic hydroxyl groups is 1. The van der Waals surface area contributed by atoms with Gasteiger partial charge in [0.25, 0.3) is 0 Å². The van der Waals surface area contributed by atoms with E-state index < -0.39 is 6.10 Å². The molecule has 1 N–H and O–H groups in total. The van der Waals surface area contributed by atoms with Crippen LogP contribution in [0.1, 0.15) is 11.1 Å². The molecule has 0 spiro atoms. The summed E-state index contributed by atoms with van der Waals surface area (Å²) in [5.74, 6) is 1.49. The van der Waals surface area contributed by atoms with Gasteiger partial charge in [0, 0.05) is 32.8 Å². The summed E-state index contributed by atoms with van der Waals surface area (Å²) in [6, 6.07) is 15.7. The SMILES string of the molecule is COCCN(Cc1cc(OC)cc(OC)c1)CC(O)COCc1ccccc1. The molecule has 2 aromatic carbocycles. The van der Waals surface area contributed by atoms with Crippen LogP contribution in [0.2, 0.25) is 0 Å². The smallest absolute Gasteiger partial charge is 0.122 e. The molecule has 28 heavy (non-hydrogen) atoms. The lowest BCUT2D eigenvalue weighted by molar-refractivity contribution is 0.00478. The Labute approximate surface area is 167 Å². The Bertz CT molecular complexity index is 658. The van der Waals surface area contributed by atoms with Gasteiger partial charge in [-0.05, 0) is 23.3 Å². The minimum atomic E-state index is -0.590. The van der Waals surface area contributed by atoms with Crippen LogP contribution in [0.5, 0.6) is 11.5 Å². The van der Waals surface area contributed by atoms with Crippen molar-refractivity contribution in [2.75, 3.05) is 47.6 Å². The van der Waals surface area contributed by atoms with Crippen molar-refractivity contribution in [2.45, 2.75) is 19.3 Å². The molecule has 1 unspecified atom stereocenters. The van der Waals surface area contributed by atoms with Crippen molar-refractivity contribution in [2.24, 2.45) is 0 Å². The monoisotopic (exact) mass is 389 g/mol. The van der Waals surface area contributed by atoms with Crippen molar-refractivity contribution in [3.05, 3.63) is 59.7 Å². The highest BCUT2D eigenvalue weighted by Crippen LogP contribution is 2.23. The molecule has 6 heteroatoms. The third-order valence-electron chi connectivity index (χ3n) is 4.32. The largest absolute Gasteiger partial charge is 0.497 e. The topological polar surface area (TPSA) is 60.4 Å². The fourth-order valence-electron chi connectivity index (χ4n) is 2.91. The second-order valence-electron chi connectivity index (χ2n) is 6.60. The first-order valence-electron chi connectivity index (χ1n) is 9.37. The first-order valence-corrected chi connectivity index (χ1v) is 9.37. The first kappa shape index (κ1) is 22.2. The summed E-state index contributed by atoms with van der Waals surface area (Å²) in [7, 11) is 4.94. The predicted molar refractivity (Wildman–Crippen MR) is 109 cm³/mol. The van der Waals surface area contributed by atoms with Crippen molar-refractivity contribution in [3.63, 3.8) is 0 Å². The number of hydrogen-bond acceptors (Lipinski definition) is 6. The van der Waals surface area contributed by atoms with E-state index in [-0.39, 0.29) is 6.61 Å². The van der Waals surface area contributed by atoms with Gasteiger partial charge >= 0.3 is 0 Å². The number of hydrogen-bond donors (Lipinski definition) is 1. The van der Waals surface area contributed by atoms with E-state index in [1.54, 1.807) is 21.3 Å². The molecule has 0 heterocycles.